The third kappa shape index (κ3) is 7.24. The second kappa shape index (κ2) is 13.6. The van der Waals surface area contributed by atoms with Crippen LogP contribution in [0.4, 0.5) is 4.79 Å². The number of benzene rings is 2. The minimum Gasteiger partial charge on any atom is -0.497 e. The SMILES string of the molecule is COCCOC(=O)N(C1CCCC(CC(=O)OC)C1)N(C)S(=O)(=O)c1ccc(-c2ccc(OC)cc2)cc1. The van der Waals surface area contributed by atoms with Crippen LogP contribution in [-0.4, -0.2) is 77.5 Å². The normalized spacial score (nSPS) is 17.6. The fourth-order valence-corrected chi connectivity index (χ4v) is 5.85. The summed E-state index contributed by atoms with van der Waals surface area (Å²) in [6.45, 7) is 0.160. The second-order valence-electron chi connectivity index (χ2n) is 9.11. The summed E-state index contributed by atoms with van der Waals surface area (Å²) in [6.07, 6.45) is 1.98. The molecule has 1 aliphatic carbocycles. The van der Waals surface area contributed by atoms with Gasteiger partial charge >= 0.3 is 12.1 Å². The fourth-order valence-electron chi connectivity index (χ4n) is 4.63. The average molecular weight is 549 g/mol. The number of sulfonamides is 1. The lowest BCUT2D eigenvalue weighted by atomic mass is 9.83. The summed E-state index contributed by atoms with van der Waals surface area (Å²) < 4.78 is 48.5. The maximum atomic E-state index is 13.6. The number of carbonyl (C=O) groups is 2. The highest BCUT2D eigenvalue weighted by atomic mass is 32.2. The molecule has 0 bridgehead atoms. The van der Waals surface area contributed by atoms with E-state index in [1.165, 1.54) is 33.4 Å². The number of nitrogens with zero attached hydrogens (tertiary/aromatic N) is 2. The first-order valence-corrected chi connectivity index (χ1v) is 13.9. The summed E-state index contributed by atoms with van der Waals surface area (Å²) in [5.74, 6) is 0.363. The van der Waals surface area contributed by atoms with Crippen LogP contribution in [0.3, 0.4) is 0 Å². The van der Waals surface area contributed by atoms with Gasteiger partial charge in [-0.3, -0.25) is 4.79 Å². The van der Waals surface area contributed by atoms with Gasteiger partial charge < -0.3 is 18.9 Å². The molecule has 0 N–H and O–H groups in total. The van der Waals surface area contributed by atoms with E-state index in [1.54, 1.807) is 19.2 Å². The Bertz CT molecular complexity index is 1170. The van der Waals surface area contributed by atoms with Crippen molar-refractivity contribution < 1.29 is 37.0 Å². The highest BCUT2D eigenvalue weighted by molar-refractivity contribution is 7.89. The molecule has 1 amide bonds. The van der Waals surface area contributed by atoms with Gasteiger partial charge in [-0.15, -0.1) is 4.41 Å². The van der Waals surface area contributed by atoms with Gasteiger partial charge in [-0.25, -0.2) is 18.2 Å². The maximum absolute atomic E-state index is 13.6. The Hall–Kier alpha value is -3.15. The van der Waals surface area contributed by atoms with E-state index >= 15 is 0 Å². The molecule has 208 valence electrons. The number of hydrogen-bond acceptors (Lipinski definition) is 8. The summed E-state index contributed by atoms with van der Waals surface area (Å²) in [4.78, 5) is 25.0. The molecule has 0 spiro atoms. The van der Waals surface area contributed by atoms with Crippen molar-refractivity contribution in [1.29, 1.82) is 0 Å². The molecule has 2 aromatic carbocycles. The average Bonchev–Trinajstić information content (AvgIpc) is 2.93. The largest absolute Gasteiger partial charge is 0.497 e. The van der Waals surface area contributed by atoms with Crippen molar-refractivity contribution in [2.45, 2.75) is 43.0 Å². The summed E-state index contributed by atoms with van der Waals surface area (Å²) in [6, 6.07) is 13.4. The van der Waals surface area contributed by atoms with Gasteiger partial charge in [-0.05, 0) is 60.6 Å². The topological polar surface area (TPSA) is 112 Å². The van der Waals surface area contributed by atoms with E-state index < -0.39 is 22.2 Å². The van der Waals surface area contributed by atoms with E-state index in [-0.39, 0.29) is 36.4 Å². The molecule has 1 saturated carbocycles. The Labute approximate surface area is 224 Å². The van der Waals surface area contributed by atoms with Crippen LogP contribution in [0.1, 0.15) is 32.1 Å². The van der Waals surface area contributed by atoms with Gasteiger partial charge in [0.15, 0.2) is 0 Å². The van der Waals surface area contributed by atoms with Crippen LogP contribution >= 0.6 is 0 Å². The number of methoxy groups -OCH3 is 3. The molecule has 0 heterocycles. The number of esters is 1. The standard InChI is InChI=1S/C27H36N2O8S/c1-28(38(32,33)25-14-10-22(11-15-25)21-8-12-24(35-3)13-9-21)29(27(31)37-17-16-34-2)23-7-5-6-20(18-23)19-26(30)36-4/h8-15,20,23H,5-7,16-19H2,1-4H3. The highest BCUT2D eigenvalue weighted by Gasteiger charge is 2.39. The summed E-state index contributed by atoms with van der Waals surface area (Å²) in [5, 5.41) is 1.16. The van der Waals surface area contributed by atoms with Crippen LogP contribution in [0.25, 0.3) is 11.1 Å². The Morgan fingerprint density at radius 3 is 2.13 bits per heavy atom. The molecular weight excluding hydrogens is 512 g/mol. The van der Waals surface area contributed by atoms with Gasteiger partial charge in [0.2, 0.25) is 0 Å². The molecule has 1 aliphatic rings. The number of rotatable bonds is 11. The molecule has 0 saturated heterocycles. The molecule has 10 nitrogen and oxygen atoms in total. The predicted octanol–water partition coefficient (Wildman–Crippen LogP) is 4.10. The first-order chi connectivity index (χ1) is 18.2. The quantitative estimate of drug-likeness (QED) is 0.234. The number of ether oxygens (including phenoxy) is 4. The van der Waals surface area contributed by atoms with Crippen LogP contribution < -0.4 is 4.74 Å². The minimum atomic E-state index is -4.10. The van der Waals surface area contributed by atoms with Crippen molar-refractivity contribution in [3.8, 4) is 16.9 Å². The molecule has 11 heteroatoms. The Morgan fingerprint density at radius 1 is 0.921 bits per heavy atom. The molecule has 2 unspecified atom stereocenters. The van der Waals surface area contributed by atoms with Crippen molar-refractivity contribution in [3.63, 3.8) is 0 Å². The third-order valence-corrected chi connectivity index (χ3v) is 8.45. The first kappa shape index (κ1) is 29.4. The Morgan fingerprint density at radius 2 is 1.55 bits per heavy atom. The lowest BCUT2D eigenvalue weighted by Gasteiger charge is -2.40. The van der Waals surface area contributed by atoms with Crippen molar-refractivity contribution in [2.75, 3.05) is 41.6 Å². The molecule has 1 fully saturated rings. The van der Waals surface area contributed by atoms with Crippen molar-refractivity contribution in [1.82, 2.24) is 9.42 Å². The molecule has 0 aliphatic heterocycles. The summed E-state index contributed by atoms with van der Waals surface area (Å²) >= 11 is 0. The fraction of sp³-hybridized carbons (Fsp3) is 0.481. The summed E-state index contributed by atoms with van der Waals surface area (Å²) in [5.41, 5.74) is 1.74. The van der Waals surface area contributed by atoms with E-state index in [0.717, 1.165) is 39.1 Å². The second-order valence-corrected chi connectivity index (χ2v) is 11.1. The number of hydrazine groups is 1. The maximum Gasteiger partial charge on any atom is 0.425 e. The monoisotopic (exact) mass is 548 g/mol. The zero-order chi connectivity index (χ0) is 27.7. The van der Waals surface area contributed by atoms with Crippen LogP contribution in [0.2, 0.25) is 0 Å². The van der Waals surface area contributed by atoms with Gasteiger partial charge in [-0.1, -0.05) is 30.7 Å². The Kier molecular flexibility index (Phi) is 10.5. The zero-order valence-electron chi connectivity index (χ0n) is 22.3. The third-order valence-electron chi connectivity index (χ3n) is 6.71. The van der Waals surface area contributed by atoms with Crippen molar-refractivity contribution >= 4 is 22.1 Å². The van der Waals surface area contributed by atoms with Crippen LogP contribution in [-0.2, 0) is 29.0 Å². The van der Waals surface area contributed by atoms with E-state index in [1.807, 2.05) is 24.3 Å². The molecule has 2 atom stereocenters. The molecule has 38 heavy (non-hydrogen) atoms. The molecule has 2 aromatic rings. The first-order valence-electron chi connectivity index (χ1n) is 12.5. The molecule has 0 aromatic heterocycles. The molecule has 3 rings (SSSR count). The van der Waals surface area contributed by atoms with Gasteiger partial charge in [0.1, 0.15) is 12.4 Å². The van der Waals surface area contributed by atoms with Crippen LogP contribution in [0.15, 0.2) is 53.4 Å². The predicted molar refractivity (Wildman–Crippen MR) is 141 cm³/mol. The summed E-state index contributed by atoms with van der Waals surface area (Å²) in [7, 11) is 1.65. The smallest absolute Gasteiger partial charge is 0.425 e. The minimum absolute atomic E-state index is 0.0193. The van der Waals surface area contributed by atoms with E-state index in [9.17, 15) is 18.0 Å². The molecular formula is C27H36N2O8S. The van der Waals surface area contributed by atoms with E-state index in [2.05, 4.69) is 0 Å². The lowest BCUT2D eigenvalue weighted by Crippen LogP contribution is -2.54. The van der Waals surface area contributed by atoms with Crippen LogP contribution in [0.5, 0.6) is 5.75 Å². The highest BCUT2D eigenvalue weighted by Crippen LogP contribution is 2.33. The van der Waals surface area contributed by atoms with Gasteiger partial charge in [-0.2, -0.15) is 0 Å². The van der Waals surface area contributed by atoms with Crippen molar-refractivity contribution in [2.24, 2.45) is 5.92 Å². The van der Waals surface area contributed by atoms with E-state index in [4.69, 9.17) is 18.9 Å². The van der Waals surface area contributed by atoms with Crippen LogP contribution in [0, 0.1) is 5.92 Å². The van der Waals surface area contributed by atoms with E-state index in [0.29, 0.717) is 12.8 Å². The Balaban J connectivity index is 1.85. The van der Waals surface area contributed by atoms with Gasteiger partial charge in [0, 0.05) is 20.6 Å². The number of hydrogen-bond donors (Lipinski definition) is 0. The molecule has 0 radical (unpaired) electrons. The van der Waals surface area contributed by atoms with Gasteiger partial charge in [0.25, 0.3) is 10.0 Å². The lowest BCUT2D eigenvalue weighted by molar-refractivity contribution is -0.142. The zero-order valence-corrected chi connectivity index (χ0v) is 23.1. The van der Waals surface area contributed by atoms with Crippen molar-refractivity contribution in [3.05, 3.63) is 48.5 Å². The van der Waals surface area contributed by atoms with Gasteiger partial charge in [0.05, 0.1) is 31.8 Å². The number of amides is 1. The number of carbonyl (C=O) groups excluding carboxylic acids is 2.